The molecular formula is C49H28N4O. The third-order valence-electron chi connectivity index (χ3n) is 11.0. The van der Waals surface area contributed by atoms with Crippen LogP contribution in [-0.4, -0.2) is 15.0 Å². The lowest BCUT2D eigenvalue weighted by Crippen LogP contribution is -2.19. The Morgan fingerprint density at radius 1 is 0.389 bits per heavy atom. The quantitative estimate of drug-likeness (QED) is 0.173. The Morgan fingerprint density at radius 2 is 1.02 bits per heavy atom. The van der Waals surface area contributed by atoms with Crippen LogP contribution in [0.1, 0.15) is 0 Å². The number of nitrogens with zero attached hydrogens (tertiary/aromatic N) is 4. The lowest BCUT2D eigenvalue weighted by molar-refractivity contribution is 0.669. The van der Waals surface area contributed by atoms with Crippen molar-refractivity contribution in [3.05, 3.63) is 170 Å². The van der Waals surface area contributed by atoms with Gasteiger partial charge in [0.05, 0.1) is 16.9 Å². The second-order valence-corrected chi connectivity index (χ2v) is 14.0. The van der Waals surface area contributed by atoms with Gasteiger partial charge in [0.1, 0.15) is 11.2 Å². The molecule has 1 aliphatic heterocycles. The molecule has 9 aromatic carbocycles. The topological polar surface area (TPSA) is 55.1 Å². The normalized spacial score (nSPS) is 12.4. The fourth-order valence-corrected chi connectivity index (χ4v) is 8.64. The Hall–Kier alpha value is -7.37. The minimum Gasteiger partial charge on any atom is -0.455 e. The van der Waals surface area contributed by atoms with Crippen LogP contribution in [0.3, 0.4) is 0 Å². The van der Waals surface area contributed by atoms with Gasteiger partial charge in [-0.2, -0.15) is 9.97 Å². The van der Waals surface area contributed by atoms with Crippen LogP contribution in [-0.2, 0) is 0 Å². The molecule has 0 radical (unpaired) electrons. The number of hydrogen-bond acceptors (Lipinski definition) is 5. The van der Waals surface area contributed by atoms with E-state index in [0.717, 1.165) is 82.3 Å². The maximum Gasteiger partial charge on any atom is 0.238 e. The van der Waals surface area contributed by atoms with E-state index in [-0.39, 0.29) is 0 Å². The van der Waals surface area contributed by atoms with E-state index in [2.05, 4.69) is 157 Å². The summed E-state index contributed by atoms with van der Waals surface area (Å²) >= 11 is 0. The van der Waals surface area contributed by atoms with Gasteiger partial charge in [-0.25, -0.2) is 4.98 Å². The first-order valence-electron chi connectivity index (χ1n) is 18.2. The molecule has 1 aliphatic rings. The molecule has 54 heavy (non-hydrogen) atoms. The van der Waals surface area contributed by atoms with Crippen molar-refractivity contribution in [1.29, 1.82) is 0 Å². The van der Waals surface area contributed by atoms with Crippen molar-refractivity contribution < 1.29 is 4.42 Å². The summed E-state index contributed by atoms with van der Waals surface area (Å²) in [5.74, 6) is 1.68. The summed E-state index contributed by atoms with van der Waals surface area (Å²) in [7, 11) is 0. The maximum absolute atomic E-state index is 6.59. The third kappa shape index (κ3) is 4.12. The van der Waals surface area contributed by atoms with E-state index in [1.54, 1.807) is 0 Å². The van der Waals surface area contributed by atoms with Gasteiger partial charge in [-0.3, -0.25) is 4.90 Å². The van der Waals surface area contributed by atoms with Crippen LogP contribution in [0.15, 0.2) is 174 Å². The van der Waals surface area contributed by atoms with Crippen molar-refractivity contribution >= 4 is 82.4 Å². The van der Waals surface area contributed by atoms with E-state index in [9.17, 15) is 0 Å². The molecule has 250 valence electrons. The van der Waals surface area contributed by atoms with E-state index in [1.165, 1.54) is 16.3 Å². The Kier molecular flexibility index (Phi) is 5.99. The lowest BCUT2D eigenvalue weighted by atomic mass is 9.89. The van der Waals surface area contributed by atoms with Crippen molar-refractivity contribution in [3.8, 4) is 33.9 Å². The molecule has 5 nitrogen and oxygen atoms in total. The van der Waals surface area contributed by atoms with Crippen LogP contribution in [0.5, 0.6) is 0 Å². The van der Waals surface area contributed by atoms with E-state index in [0.29, 0.717) is 17.6 Å². The van der Waals surface area contributed by atoms with Gasteiger partial charge in [-0.15, -0.1) is 0 Å². The van der Waals surface area contributed by atoms with Gasteiger partial charge < -0.3 is 4.42 Å². The van der Waals surface area contributed by atoms with Crippen molar-refractivity contribution in [3.63, 3.8) is 0 Å². The zero-order valence-corrected chi connectivity index (χ0v) is 28.9. The highest BCUT2D eigenvalue weighted by molar-refractivity contribution is 6.19. The third-order valence-corrected chi connectivity index (χ3v) is 11.0. The Bertz CT molecular complexity index is 3360. The highest BCUT2D eigenvalue weighted by Crippen LogP contribution is 2.53. The minimum absolute atomic E-state index is 0.542. The molecule has 0 amide bonds. The molecule has 0 bridgehead atoms. The number of rotatable bonds is 3. The van der Waals surface area contributed by atoms with Crippen LogP contribution < -0.4 is 4.90 Å². The highest BCUT2D eigenvalue weighted by atomic mass is 16.3. The fourth-order valence-electron chi connectivity index (χ4n) is 8.64. The number of fused-ring (bicyclic) bond motifs is 10. The van der Waals surface area contributed by atoms with Gasteiger partial charge in [-0.1, -0.05) is 146 Å². The predicted octanol–water partition coefficient (Wildman–Crippen LogP) is 13.2. The molecular weight excluding hydrogens is 661 g/mol. The van der Waals surface area contributed by atoms with E-state index in [4.69, 9.17) is 19.4 Å². The number of para-hydroxylation sites is 2. The van der Waals surface area contributed by atoms with Crippen LogP contribution in [0.25, 0.3) is 98.9 Å². The number of benzene rings is 9. The SMILES string of the molecule is c1ccc2c3c(ccc2c1)-c1cccc2cccc(c12)N3c1nc(-c2cc3ccccc3c3ccccc23)nc(-c2cccc3c2oc2ccccc23)n1. The van der Waals surface area contributed by atoms with Crippen molar-refractivity contribution in [2.24, 2.45) is 0 Å². The molecule has 0 saturated carbocycles. The van der Waals surface area contributed by atoms with Crippen LogP contribution in [0, 0.1) is 0 Å². The monoisotopic (exact) mass is 688 g/mol. The second-order valence-electron chi connectivity index (χ2n) is 14.0. The van der Waals surface area contributed by atoms with Gasteiger partial charge in [0, 0.05) is 32.7 Å². The molecule has 3 heterocycles. The Labute approximate surface area is 309 Å². The summed E-state index contributed by atoms with van der Waals surface area (Å²) in [4.78, 5) is 18.5. The molecule has 0 N–H and O–H groups in total. The molecule has 0 fully saturated rings. The average molecular weight is 689 g/mol. The van der Waals surface area contributed by atoms with Gasteiger partial charge in [0.2, 0.25) is 5.95 Å². The summed E-state index contributed by atoms with van der Waals surface area (Å²) in [6.45, 7) is 0. The second kappa shape index (κ2) is 11.1. The zero-order valence-electron chi connectivity index (χ0n) is 28.9. The standard InChI is InChI=1S/C49H28N4O/c1-4-17-33-29(12-1)26-27-38-37-21-9-14-30-15-10-24-42(44(30)37)53(45(33)38)49-51-47(40-23-11-22-39-36-20-7-8-25-43(36)54-46(39)40)50-48(52-49)41-28-31-13-2-3-16-32(31)34-18-5-6-19-35(34)41/h1-28H. The van der Waals surface area contributed by atoms with Gasteiger partial charge in [-0.05, 0) is 62.1 Å². The number of aromatic nitrogens is 3. The van der Waals surface area contributed by atoms with Crippen molar-refractivity contribution in [2.75, 3.05) is 4.90 Å². The molecule has 0 aliphatic carbocycles. The average Bonchev–Trinajstić information content (AvgIpc) is 3.62. The molecule has 0 saturated heterocycles. The van der Waals surface area contributed by atoms with Crippen LogP contribution in [0.4, 0.5) is 17.3 Å². The van der Waals surface area contributed by atoms with E-state index in [1.807, 2.05) is 18.2 Å². The largest absolute Gasteiger partial charge is 0.455 e. The first kappa shape index (κ1) is 29.2. The number of furan rings is 1. The number of hydrogen-bond donors (Lipinski definition) is 0. The zero-order chi connectivity index (χ0) is 35.3. The summed E-state index contributed by atoms with van der Waals surface area (Å²) in [5, 5.41) is 11.2. The smallest absolute Gasteiger partial charge is 0.238 e. The Balaban J connectivity index is 1.22. The highest BCUT2D eigenvalue weighted by Gasteiger charge is 2.31. The molecule has 5 heteroatoms. The van der Waals surface area contributed by atoms with Gasteiger partial charge in [0.15, 0.2) is 11.6 Å². The van der Waals surface area contributed by atoms with Crippen molar-refractivity contribution in [2.45, 2.75) is 0 Å². The first-order valence-corrected chi connectivity index (χ1v) is 18.2. The molecule has 11 aromatic rings. The number of anilines is 3. The first-order chi connectivity index (χ1) is 26.8. The fraction of sp³-hybridized carbons (Fsp3) is 0. The van der Waals surface area contributed by atoms with Crippen molar-refractivity contribution in [1.82, 2.24) is 15.0 Å². The minimum atomic E-state index is 0.542. The summed E-state index contributed by atoms with van der Waals surface area (Å²) in [6, 6.07) is 59.7. The van der Waals surface area contributed by atoms with E-state index < -0.39 is 0 Å². The van der Waals surface area contributed by atoms with Gasteiger partial charge in [0.25, 0.3) is 0 Å². The summed E-state index contributed by atoms with van der Waals surface area (Å²) in [5.41, 5.74) is 7.75. The van der Waals surface area contributed by atoms with Gasteiger partial charge >= 0.3 is 0 Å². The lowest BCUT2D eigenvalue weighted by Gasteiger charge is -2.33. The Morgan fingerprint density at radius 3 is 1.89 bits per heavy atom. The predicted molar refractivity (Wildman–Crippen MR) is 222 cm³/mol. The summed E-state index contributed by atoms with van der Waals surface area (Å²) in [6.07, 6.45) is 0. The molecule has 0 spiro atoms. The van der Waals surface area contributed by atoms with Crippen LogP contribution >= 0.6 is 0 Å². The van der Waals surface area contributed by atoms with E-state index >= 15 is 0 Å². The molecule has 0 atom stereocenters. The summed E-state index contributed by atoms with van der Waals surface area (Å²) < 4.78 is 6.59. The molecule has 0 unspecified atom stereocenters. The molecule has 2 aromatic heterocycles. The van der Waals surface area contributed by atoms with Crippen LogP contribution in [0.2, 0.25) is 0 Å². The molecule has 12 rings (SSSR count). The maximum atomic E-state index is 6.59.